The maximum atomic E-state index is 12.9. The summed E-state index contributed by atoms with van der Waals surface area (Å²) in [4.78, 5) is 12.5. The predicted molar refractivity (Wildman–Crippen MR) is 77.8 cm³/mol. The number of fused-ring (bicyclic) bond motifs is 1. The number of hydrogen-bond donors (Lipinski definition) is 0. The first-order chi connectivity index (χ1) is 9.56. The van der Waals surface area contributed by atoms with Gasteiger partial charge in [-0.25, -0.2) is 4.39 Å². The van der Waals surface area contributed by atoms with Crippen LogP contribution in [0, 0.1) is 5.82 Å². The van der Waals surface area contributed by atoms with Gasteiger partial charge in [0, 0.05) is 40.3 Å². The van der Waals surface area contributed by atoms with Crippen LogP contribution in [0.5, 0.6) is 0 Å². The molecule has 0 aliphatic carbocycles. The van der Waals surface area contributed by atoms with Crippen LogP contribution in [0.2, 0.25) is 5.02 Å². The van der Waals surface area contributed by atoms with E-state index in [2.05, 4.69) is 0 Å². The third-order valence-electron chi connectivity index (χ3n) is 3.30. The summed E-state index contributed by atoms with van der Waals surface area (Å²) in [6, 6.07) is 11.0. The molecule has 0 atom stereocenters. The molecular weight excluding hydrogens is 277 g/mol. The van der Waals surface area contributed by atoms with Crippen LogP contribution in [0.4, 0.5) is 4.39 Å². The third kappa shape index (κ3) is 2.10. The Bertz CT molecular complexity index is 805. The van der Waals surface area contributed by atoms with E-state index in [-0.39, 0.29) is 11.6 Å². The van der Waals surface area contributed by atoms with Gasteiger partial charge in [-0.2, -0.15) is 0 Å². The minimum Gasteiger partial charge on any atom is -0.350 e. The molecule has 3 rings (SSSR count). The lowest BCUT2D eigenvalue weighted by molar-refractivity contribution is 0.104. The van der Waals surface area contributed by atoms with Gasteiger partial charge in [-0.1, -0.05) is 17.7 Å². The molecule has 0 aliphatic rings. The minimum absolute atomic E-state index is 0.127. The monoisotopic (exact) mass is 287 g/mol. The zero-order chi connectivity index (χ0) is 14.3. The van der Waals surface area contributed by atoms with Crippen molar-refractivity contribution >= 4 is 28.3 Å². The fraction of sp³-hybridized carbons (Fsp3) is 0.0625. The van der Waals surface area contributed by atoms with Crippen LogP contribution < -0.4 is 0 Å². The Morgan fingerprint density at radius 3 is 2.55 bits per heavy atom. The molecule has 2 aromatic carbocycles. The van der Waals surface area contributed by atoms with Crippen molar-refractivity contribution < 1.29 is 9.18 Å². The van der Waals surface area contributed by atoms with Crippen molar-refractivity contribution in [3.8, 4) is 0 Å². The van der Waals surface area contributed by atoms with Gasteiger partial charge >= 0.3 is 0 Å². The topological polar surface area (TPSA) is 22.0 Å². The van der Waals surface area contributed by atoms with Gasteiger partial charge in [0.15, 0.2) is 5.78 Å². The van der Waals surface area contributed by atoms with Crippen molar-refractivity contribution in [2.24, 2.45) is 7.05 Å². The standard InChI is InChI=1S/C16H11ClFNO/c1-19-9-14(13-7-4-11(17)8-15(13)19)16(20)10-2-5-12(18)6-3-10/h2-9H,1H3. The molecule has 0 saturated heterocycles. The number of aromatic nitrogens is 1. The van der Waals surface area contributed by atoms with Crippen LogP contribution in [-0.4, -0.2) is 10.4 Å². The lowest BCUT2D eigenvalue weighted by Crippen LogP contribution is -2.00. The van der Waals surface area contributed by atoms with Crippen LogP contribution in [-0.2, 0) is 7.05 Å². The van der Waals surface area contributed by atoms with Crippen molar-refractivity contribution in [2.45, 2.75) is 0 Å². The Morgan fingerprint density at radius 2 is 1.85 bits per heavy atom. The van der Waals surface area contributed by atoms with Crippen molar-refractivity contribution in [3.05, 3.63) is 70.6 Å². The summed E-state index contributed by atoms with van der Waals surface area (Å²) in [6.45, 7) is 0. The lowest BCUT2D eigenvalue weighted by atomic mass is 10.0. The fourth-order valence-corrected chi connectivity index (χ4v) is 2.46. The SMILES string of the molecule is Cn1cc(C(=O)c2ccc(F)cc2)c2ccc(Cl)cc21. The first kappa shape index (κ1) is 12.9. The molecule has 0 bridgehead atoms. The van der Waals surface area contributed by atoms with E-state index in [9.17, 15) is 9.18 Å². The summed E-state index contributed by atoms with van der Waals surface area (Å²) in [7, 11) is 1.86. The molecule has 2 nitrogen and oxygen atoms in total. The Morgan fingerprint density at radius 1 is 1.15 bits per heavy atom. The van der Waals surface area contributed by atoms with E-state index in [4.69, 9.17) is 11.6 Å². The minimum atomic E-state index is -0.355. The summed E-state index contributed by atoms with van der Waals surface area (Å²) in [5.41, 5.74) is 1.95. The average molecular weight is 288 g/mol. The summed E-state index contributed by atoms with van der Waals surface area (Å²) in [5.74, 6) is -0.482. The van der Waals surface area contributed by atoms with Crippen molar-refractivity contribution in [1.82, 2.24) is 4.57 Å². The van der Waals surface area contributed by atoms with Gasteiger partial charge in [0.2, 0.25) is 0 Å². The van der Waals surface area contributed by atoms with Crippen molar-refractivity contribution in [1.29, 1.82) is 0 Å². The molecule has 20 heavy (non-hydrogen) atoms. The molecule has 0 radical (unpaired) electrons. The van der Waals surface area contributed by atoms with E-state index < -0.39 is 0 Å². The zero-order valence-electron chi connectivity index (χ0n) is 10.7. The fourth-order valence-electron chi connectivity index (χ4n) is 2.29. The van der Waals surface area contributed by atoms with E-state index >= 15 is 0 Å². The van der Waals surface area contributed by atoms with E-state index in [1.54, 1.807) is 12.3 Å². The molecule has 3 aromatic rings. The number of carbonyl (C=O) groups excluding carboxylic acids is 1. The number of carbonyl (C=O) groups is 1. The number of ketones is 1. The summed E-state index contributed by atoms with van der Waals surface area (Å²) >= 11 is 5.97. The van der Waals surface area contributed by atoms with Crippen LogP contribution in [0.3, 0.4) is 0 Å². The van der Waals surface area contributed by atoms with Crippen LogP contribution in [0.25, 0.3) is 10.9 Å². The Labute approximate surface area is 120 Å². The second-order valence-corrected chi connectivity index (χ2v) is 5.09. The highest BCUT2D eigenvalue weighted by atomic mass is 35.5. The van der Waals surface area contributed by atoms with Crippen LogP contribution in [0.15, 0.2) is 48.7 Å². The number of benzene rings is 2. The van der Waals surface area contributed by atoms with Crippen LogP contribution in [0.1, 0.15) is 15.9 Å². The predicted octanol–water partition coefficient (Wildman–Crippen LogP) is 4.20. The molecule has 0 saturated carbocycles. The van der Waals surface area contributed by atoms with Gasteiger partial charge in [-0.15, -0.1) is 0 Å². The molecule has 0 amide bonds. The number of rotatable bonds is 2. The van der Waals surface area contributed by atoms with Gasteiger partial charge in [0.05, 0.1) is 0 Å². The second-order valence-electron chi connectivity index (χ2n) is 4.65. The lowest BCUT2D eigenvalue weighted by Gasteiger charge is -2.00. The normalized spacial score (nSPS) is 10.9. The van der Waals surface area contributed by atoms with Crippen molar-refractivity contribution in [2.75, 3.05) is 0 Å². The molecular formula is C16H11ClFNO. The number of nitrogens with zero attached hydrogens (tertiary/aromatic N) is 1. The van der Waals surface area contributed by atoms with Gasteiger partial charge in [-0.3, -0.25) is 4.79 Å². The molecule has 4 heteroatoms. The second kappa shape index (κ2) is 4.76. The molecule has 0 N–H and O–H groups in total. The molecule has 0 spiro atoms. The van der Waals surface area contributed by atoms with E-state index in [0.717, 1.165) is 10.9 Å². The Balaban J connectivity index is 2.15. The molecule has 100 valence electrons. The number of halogens is 2. The van der Waals surface area contributed by atoms with Gasteiger partial charge in [0.1, 0.15) is 5.82 Å². The average Bonchev–Trinajstić information content (AvgIpc) is 2.76. The van der Waals surface area contributed by atoms with E-state index in [1.807, 2.05) is 23.7 Å². The first-order valence-corrected chi connectivity index (χ1v) is 6.49. The quantitative estimate of drug-likeness (QED) is 0.647. The highest BCUT2D eigenvalue weighted by Gasteiger charge is 2.15. The molecule has 0 fully saturated rings. The van der Waals surface area contributed by atoms with Crippen molar-refractivity contribution in [3.63, 3.8) is 0 Å². The molecule has 1 aromatic heterocycles. The smallest absolute Gasteiger partial charge is 0.195 e. The van der Waals surface area contributed by atoms with E-state index in [1.165, 1.54) is 24.3 Å². The Kier molecular flexibility index (Phi) is 3.07. The van der Waals surface area contributed by atoms with Gasteiger partial charge < -0.3 is 4.57 Å². The molecule has 0 unspecified atom stereocenters. The zero-order valence-corrected chi connectivity index (χ0v) is 11.5. The number of hydrogen-bond acceptors (Lipinski definition) is 1. The maximum Gasteiger partial charge on any atom is 0.195 e. The largest absolute Gasteiger partial charge is 0.350 e. The molecule has 0 aliphatic heterocycles. The van der Waals surface area contributed by atoms with Gasteiger partial charge in [0.25, 0.3) is 0 Å². The first-order valence-electron chi connectivity index (χ1n) is 6.11. The third-order valence-corrected chi connectivity index (χ3v) is 3.54. The number of aryl methyl sites for hydroxylation is 1. The Hall–Kier alpha value is -2.13. The van der Waals surface area contributed by atoms with Gasteiger partial charge in [-0.05, 0) is 36.4 Å². The summed E-state index contributed by atoms with van der Waals surface area (Å²) in [6.07, 6.45) is 1.77. The summed E-state index contributed by atoms with van der Waals surface area (Å²) < 4.78 is 14.8. The molecule has 1 heterocycles. The highest BCUT2D eigenvalue weighted by molar-refractivity contribution is 6.31. The maximum absolute atomic E-state index is 12.9. The van der Waals surface area contributed by atoms with E-state index in [0.29, 0.717) is 16.1 Å². The highest BCUT2D eigenvalue weighted by Crippen LogP contribution is 2.26. The van der Waals surface area contributed by atoms with Crippen LogP contribution >= 0.6 is 11.6 Å². The summed E-state index contributed by atoms with van der Waals surface area (Å²) in [5, 5.41) is 1.46.